The van der Waals surface area contributed by atoms with Crippen LogP contribution in [-0.2, 0) is 32.7 Å². The lowest BCUT2D eigenvalue weighted by atomic mass is 10.1. The molecule has 0 saturated heterocycles. The molecule has 1 unspecified atom stereocenters. The third-order valence-electron chi connectivity index (χ3n) is 8.48. The molecule has 0 bridgehead atoms. The van der Waals surface area contributed by atoms with Crippen LogP contribution in [0.2, 0.25) is 0 Å². The van der Waals surface area contributed by atoms with Gasteiger partial charge in [0.25, 0.3) is 0 Å². The number of carbonyl (C=O) groups is 2. The summed E-state index contributed by atoms with van der Waals surface area (Å²) < 4.78 is 32.6. The quantitative estimate of drug-likeness (QED) is 0.0181. The van der Waals surface area contributed by atoms with Gasteiger partial charge in [-0.25, -0.2) is 4.57 Å². The normalized spacial score (nSPS) is 14.5. The molecule has 0 rings (SSSR count). The van der Waals surface area contributed by atoms with Crippen molar-refractivity contribution in [3.8, 4) is 0 Å². The molecule has 3 atom stereocenters. The topological polar surface area (TPSA) is 155 Å². The fourth-order valence-corrected chi connectivity index (χ4v) is 6.08. The second-order valence-electron chi connectivity index (χ2n) is 13.7. The lowest BCUT2D eigenvalue weighted by Crippen LogP contribution is -2.29. The Morgan fingerprint density at radius 3 is 1.85 bits per heavy atom. The number of esters is 2. The molecule has 0 aliphatic carbocycles. The standard InChI is InChI=1S/C43H76NO9P/c1-3-5-7-9-11-13-15-17-18-20-22-24-26-28-30-34-43(47)53-41(39-52-54(48,49)51-37-36-44)38-50-42(46)35-31-33-40(45)32-29-27-25-23-21-19-16-14-12-10-8-6-4-2/h12,14,17-19,21,25,27,29,32,40-41,45H,3-11,13,15-16,20,22-24,26,28,30-31,33-39,44H2,1-2H3,(H,48,49)/b14-12-,18-17-,21-19-,27-25-,32-29+/t40-,41-/m1/s1. The van der Waals surface area contributed by atoms with Crippen molar-refractivity contribution >= 4 is 19.8 Å². The van der Waals surface area contributed by atoms with Crippen LogP contribution >= 0.6 is 7.82 Å². The maximum atomic E-state index is 12.6. The number of aliphatic hydroxyl groups excluding tert-OH is 1. The van der Waals surface area contributed by atoms with Gasteiger partial charge < -0.3 is 25.2 Å². The Hall–Kier alpha value is -2.33. The zero-order valence-corrected chi connectivity index (χ0v) is 34.7. The zero-order valence-electron chi connectivity index (χ0n) is 33.8. The lowest BCUT2D eigenvalue weighted by Gasteiger charge is -2.20. The average Bonchev–Trinajstić information content (AvgIpc) is 3.15. The van der Waals surface area contributed by atoms with Crippen LogP contribution in [0.3, 0.4) is 0 Å². The number of carbonyl (C=O) groups excluding carboxylic acids is 2. The average molecular weight is 782 g/mol. The van der Waals surface area contributed by atoms with E-state index in [2.05, 4.69) is 50.3 Å². The number of phosphoric acid groups is 1. The highest BCUT2D eigenvalue weighted by Crippen LogP contribution is 2.43. The van der Waals surface area contributed by atoms with Gasteiger partial charge >= 0.3 is 19.8 Å². The molecule has 0 aliphatic heterocycles. The summed E-state index contributed by atoms with van der Waals surface area (Å²) in [7, 11) is -4.42. The van der Waals surface area contributed by atoms with Gasteiger partial charge in [0.05, 0.1) is 19.3 Å². The van der Waals surface area contributed by atoms with Crippen LogP contribution in [0.25, 0.3) is 0 Å². The molecule has 54 heavy (non-hydrogen) atoms. The van der Waals surface area contributed by atoms with Gasteiger partial charge in [0.15, 0.2) is 6.10 Å². The van der Waals surface area contributed by atoms with E-state index in [1.165, 1.54) is 57.8 Å². The molecule has 0 saturated carbocycles. The Labute approximate surface area is 328 Å². The minimum Gasteiger partial charge on any atom is -0.462 e. The zero-order chi connectivity index (χ0) is 39.8. The highest BCUT2D eigenvalue weighted by atomic mass is 31.2. The van der Waals surface area contributed by atoms with Gasteiger partial charge in [-0.05, 0) is 70.6 Å². The Morgan fingerprint density at radius 2 is 1.19 bits per heavy atom. The van der Waals surface area contributed by atoms with E-state index in [1.54, 1.807) is 12.2 Å². The second-order valence-corrected chi connectivity index (χ2v) is 15.2. The third-order valence-corrected chi connectivity index (χ3v) is 9.46. The number of phosphoric ester groups is 1. The number of allylic oxidation sites excluding steroid dienone is 9. The fourth-order valence-electron chi connectivity index (χ4n) is 5.32. The van der Waals surface area contributed by atoms with Gasteiger partial charge in [0, 0.05) is 19.4 Å². The molecule has 0 aromatic heterocycles. The smallest absolute Gasteiger partial charge is 0.462 e. The van der Waals surface area contributed by atoms with E-state index in [9.17, 15) is 24.2 Å². The molecule has 0 radical (unpaired) electrons. The van der Waals surface area contributed by atoms with Crippen LogP contribution in [0, 0.1) is 0 Å². The highest BCUT2D eigenvalue weighted by Gasteiger charge is 2.26. The van der Waals surface area contributed by atoms with Crippen LogP contribution in [0.5, 0.6) is 0 Å². The number of aliphatic hydroxyl groups is 1. The summed E-state index contributed by atoms with van der Waals surface area (Å²) >= 11 is 0. The number of unbranched alkanes of at least 4 members (excludes halogenated alkanes) is 14. The first-order chi connectivity index (χ1) is 26.2. The van der Waals surface area contributed by atoms with E-state index in [1.807, 2.05) is 12.2 Å². The Balaban J connectivity index is 4.40. The first-order valence-electron chi connectivity index (χ1n) is 20.9. The maximum Gasteiger partial charge on any atom is 0.472 e. The SMILES string of the molecule is CCCCC/C=C\C/C=C\C/C=C\C=C\[C@@H](O)CCCC(=O)OC[C@H](COP(=O)(O)OCCN)OC(=O)CCCCCCC/C=C\CCCCCCCC. The Morgan fingerprint density at radius 1 is 0.648 bits per heavy atom. The van der Waals surface area contributed by atoms with E-state index in [4.69, 9.17) is 24.3 Å². The molecular formula is C43H76NO9P. The number of rotatable bonds is 38. The molecule has 312 valence electrons. The largest absolute Gasteiger partial charge is 0.472 e. The van der Waals surface area contributed by atoms with Crippen molar-refractivity contribution in [2.24, 2.45) is 5.73 Å². The molecule has 0 heterocycles. The van der Waals surface area contributed by atoms with Crippen molar-refractivity contribution in [2.75, 3.05) is 26.4 Å². The van der Waals surface area contributed by atoms with Crippen molar-refractivity contribution in [1.29, 1.82) is 0 Å². The third kappa shape index (κ3) is 38.0. The molecular weight excluding hydrogens is 705 g/mol. The van der Waals surface area contributed by atoms with Gasteiger partial charge in [-0.3, -0.25) is 18.6 Å². The summed E-state index contributed by atoms with van der Waals surface area (Å²) in [4.78, 5) is 34.8. The van der Waals surface area contributed by atoms with E-state index < -0.39 is 38.6 Å². The van der Waals surface area contributed by atoms with Crippen molar-refractivity contribution in [3.05, 3.63) is 60.8 Å². The van der Waals surface area contributed by atoms with Gasteiger partial charge in [-0.15, -0.1) is 0 Å². The van der Waals surface area contributed by atoms with Gasteiger partial charge in [0.1, 0.15) is 6.61 Å². The first kappa shape index (κ1) is 51.7. The molecule has 0 aromatic rings. The highest BCUT2D eigenvalue weighted by molar-refractivity contribution is 7.47. The summed E-state index contributed by atoms with van der Waals surface area (Å²) in [6.07, 6.45) is 41.4. The Kier molecular flexibility index (Phi) is 37.2. The lowest BCUT2D eigenvalue weighted by molar-refractivity contribution is -0.161. The minimum atomic E-state index is -4.42. The molecule has 0 amide bonds. The van der Waals surface area contributed by atoms with Gasteiger partial charge in [0.2, 0.25) is 0 Å². The summed E-state index contributed by atoms with van der Waals surface area (Å²) in [5.74, 6) is -1.04. The van der Waals surface area contributed by atoms with Gasteiger partial charge in [-0.1, -0.05) is 139 Å². The first-order valence-corrected chi connectivity index (χ1v) is 22.4. The summed E-state index contributed by atoms with van der Waals surface area (Å²) in [5, 5.41) is 10.2. The second kappa shape index (κ2) is 38.9. The van der Waals surface area contributed by atoms with Crippen molar-refractivity contribution in [3.63, 3.8) is 0 Å². The van der Waals surface area contributed by atoms with E-state index in [0.29, 0.717) is 19.3 Å². The predicted octanol–water partition coefficient (Wildman–Crippen LogP) is 10.7. The number of nitrogens with two attached hydrogens (primary N) is 1. The predicted molar refractivity (Wildman–Crippen MR) is 221 cm³/mol. The van der Waals surface area contributed by atoms with Crippen LogP contribution in [0.4, 0.5) is 0 Å². The van der Waals surface area contributed by atoms with Crippen molar-refractivity contribution < 1.29 is 42.7 Å². The monoisotopic (exact) mass is 782 g/mol. The summed E-state index contributed by atoms with van der Waals surface area (Å²) in [5.41, 5.74) is 5.33. The molecule has 0 aliphatic rings. The molecule has 10 nitrogen and oxygen atoms in total. The fraction of sp³-hybridized carbons (Fsp3) is 0.721. The molecule has 0 aromatic carbocycles. The summed E-state index contributed by atoms with van der Waals surface area (Å²) in [6.45, 7) is 3.45. The van der Waals surface area contributed by atoms with Crippen LogP contribution in [-0.4, -0.2) is 60.5 Å². The molecule has 0 spiro atoms. The van der Waals surface area contributed by atoms with Crippen LogP contribution in [0.1, 0.15) is 162 Å². The van der Waals surface area contributed by atoms with E-state index in [0.717, 1.165) is 57.8 Å². The maximum absolute atomic E-state index is 12.6. The number of ether oxygens (including phenoxy) is 2. The molecule has 0 fully saturated rings. The number of hydrogen-bond donors (Lipinski definition) is 3. The van der Waals surface area contributed by atoms with Gasteiger partial charge in [-0.2, -0.15) is 0 Å². The van der Waals surface area contributed by atoms with Crippen molar-refractivity contribution in [1.82, 2.24) is 0 Å². The van der Waals surface area contributed by atoms with E-state index >= 15 is 0 Å². The van der Waals surface area contributed by atoms with Crippen molar-refractivity contribution in [2.45, 2.75) is 174 Å². The Bertz CT molecular complexity index is 1090. The van der Waals surface area contributed by atoms with Crippen LogP contribution < -0.4 is 5.73 Å². The minimum absolute atomic E-state index is 0.0241. The molecule has 11 heteroatoms. The van der Waals surface area contributed by atoms with E-state index in [-0.39, 0.29) is 32.6 Å². The summed E-state index contributed by atoms with van der Waals surface area (Å²) in [6, 6.07) is 0. The number of hydrogen-bond acceptors (Lipinski definition) is 9. The molecule has 4 N–H and O–H groups in total. The van der Waals surface area contributed by atoms with Crippen LogP contribution in [0.15, 0.2) is 60.8 Å².